The van der Waals surface area contributed by atoms with Crippen LogP contribution < -0.4 is 16.0 Å². The molecule has 1 aromatic carbocycles. The van der Waals surface area contributed by atoms with Gasteiger partial charge in [0, 0.05) is 20.0 Å². The molecular formula is C17H23N3O5. The number of benzene rings is 1. The Balaban J connectivity index is 2.60. The van der Waals surface area contributed by atoms with Crippen LogP contribution in [-0.4, -0.2) is 43.4 Å². The molecule has 0 saturated heterocycles. The molecule has 0 aliphatic rings. The van der Waals surface area contributed by atoms with E-state index in [1.165, 1.54) is 19.1 Å². The molecule has 0 aliphatic carbocycles. The van der Waals surface area contributed by atoms with Gasteiger partial charge in [-0.3, -0.25) is 14.4 Å². The second-order valence-corrected chi connectivity index (χ2v) is 5.23. The fraction of sp³-hybridized carbons (Fsp3) is 0.412. The molecule has 0 aliphatic heterocycles. The second-order valence-electron chi connectivity index (χ2n) is 5.23. The highest BCUT2D eigenvalue weighted by molar-refractivity contribution is 6.40. The number of esters is 1. The first-order valence-electron chi connectivity index (χ1n) is 8.05. The highest BCUT2D eigenvalue weighted by atomic mass is 16.5. The summed E-state index contributed by atoms with van der Waals surface area (Å²) in [5, 5.41) is 7.25. The zero-order valence-corrected chi connectivity index (χ0v) is 14.4. The van der Waals surface area contributed by atoms with Crippen LogP contribution in [-0.2, 0) is 19.1 Å². The molecule has 25 heavy (non-hydrogen) atoms. The van der Waals surface area contributed by atoms with Crippen molar-refractivity contribution in [1.29, 1.82) is 0 Å². The molecule has 0 radical (unpaired) electrons. The average molecular weight is 349 g/mol. The van der Waals surface area contributed by atoms with Crippen LogP contribution in [0.15, 0.2) is 24.3 Å². The molecule has 0 spiro atoms. The van der Waals surface area contributed by atoms with Crippen LogP contribution in [0.3, 0.4) is 0 Å². The Hall–Kier alpha value is -2.90. The number of rotatable bonds is 8. The highest BCUT2D eigenvalue weighted by Crippen LogP contribution is 2.16. The normalized spacial score (nSPS) is 9.84. The van der Waals surface area contributed by atoms with Crippen molar-refractivity contribution in [2.45, 2.75) is 26.7 Å². The van der Waals surface area contributed by atoms with Gasteiger partial charge in [0.15, 0.2) is 0 Å². The first-order valence-corrected chi connectivity index (χ1v) is 8.05. The van der Waals surface area contributed by atoms with Crippen molar-refractivity contribution in [1.82, 2.24) is 10.6 Å². The van der Waals surface area contributed by atoms with E-state index in [2.05, 4.69) is 16.0 Å². The van der Waals surface area contributed by atoms with Crippen LogP contribution in [0.25, 0.3) is 0 Å². The number of unbranched alkanes of at least 4 members (excludes halogenated alkanes) is 1. The van der Waals surface area contributed by atoms with Gasteiger partial charge in [-0.1, -0.05) is 25.5 Å². The van der Waals surface area contributed by atoms with Crippen molar-refractivity contribution in [2.75, 3.05) is 25.0 Å². The third-order valence-electron chi connectivity index (χ3n) is 3.12. The molecule has 1 aromatic rings. The predicted molar refractivity (Wildman–Crippen MR) is 92.0 cm³/mol. The van der Waals surface area contributed by atoms with E-state index in [1.807, 2.05) is 6.92 Å². The molecule has 8 heteroatoms. The lowest BCUT2D eigenvalue weighted by molar-refractivity contribution is -0.136. The number of carbonyl (C=O) groups is 4. The Morgan fingerprint density at radius 2 is 1.68 bits per heavy atom. The zero-order valence-electron chi connectivity index (χ0n) is 14.4. The molecule has 1 rings (SSSR count). The number of hydrogen-bond acceptors (Lipinski definition) is 5. The summed E-state index contributed by atoms with van der Waals surface area (Å²) in [5.74, 6) is -2.55. The Kier molecular flexibility index (Phi) is 8.70. The summed E-state index contributed by atoms with van der Waals surface area (Å²) in [6, 6.07) is 6.30. The van der Waals surface area contributed by atoms with Crippen molar-refractivity contribution >= 4 is 29.4 Å². The fourth-order valence-corrected chi connectivity index (χ4v) is 1.83. The number of nitrogens with one attached hydrogen (secondary N) is 3. The van der Waals surface area contributed by atoms with E-state index in [0.29, 0.717) is 6.61 Å². The van der Waals surface area contributed by atoms with Gasteiger partial charge < -0.3 is 20.7 Å². The molecule has 3 N–H and O–H groups in total. The molecular weight excluding hydrogens is 326 g/mol. The molecule has 136 valence electrons. The van der Waals surface area contributed by atoms with Crippen molar-refractivity contribution < 1.29 is 23.9 Å². The van der Waals surface area contributed by atoms with Crippen molar-refractivity contribution in [3.63, 3.8) is 0 Å². The number of hydrogen-bond donors (Lipinski definition) is 3. The number of anilines is 1. The fourth-order valence-electron chi connectivity index (χ4n) is 1.83. The standard InChI is InChI=1S/C17H23N3O5/c1-3-4-11-25-17(24)13-7-5-6-8-14(13)20-16(23)15(22)19-10-9-18-12(2)21/h5-8H,3-4,9-11H2,1-2H3,(H,18,21)(H,19,22)(H,20,23). The molecule has 0 bridgehead atoms. The maximum atomic E-state index is 12.1. The van der Waals surface area contributed by atoms with Crippen LogP contribution in [0.4, 0.5) is 5.69 Å². The van der Waals surface area contributed by atoms with Crippen LogP contribution in [0.2, 0.25) is 0 Å². The first-order chi connectivity index (χ1) is 12.0. The lowest BCUT2D eigenvalue weighted by Crippen LogP contribution is -2.39. The zero-order chi connectivity index (χ0) is 18.7. The van der Waals surface area contributed by atoms with E-state index in [4.69, 9.17) is 4.74 Å². The molecule has 0 heterocycles. The van der Waals surface area contributed by atoms with Crippen molar-refractivity contribution in [2.24, 2.45) is 0 Å². The van der Waals surface area contributed by atoms with Gasteiger partial charge in [-0.05, 0) is 18.6 Å². The van der Waals surface area contributed by atoms with E-state index < -0.39 is 17.8 Å². The molecule has 0 aromatic heterocycles. The minimum absolute atomic E-state index is 0.118. The van der Waals surface area contributed by atoms with E-state index >= 15 is 0 Å². The van der Waals surface area contributed by atoms with Gasteiger partial charge in [0.1, 0.15) is 0 Å². The lowest BCUT2D eigenvalue weighted by atomic mass is 10.2. The summed E-state index contributed by atoms with van der Waals surface area (Å²) in [4.78, 5) is 46.4. The summed E-state index contributed by atoms with van der Waals surface area (Å²) >= 11 is 0. The highest BCUT2D eigenvalue weighted by Gasteiger charge is 2.18. The Labute approximate surface area is 146 Å². The Bertz CT molecular complexity index is 630. The molecule has 0 fully saturated rings. The minimum Gasteiger partial charge on any atom is -0.462 e. The smallest absolute Gasteiger partial charge is 0.340 e. The Morgan fingerprint density at radius 3 is 2.36 bits per heavy atom. The van der Waals surface area contributed by atoms with Crippen LogP contribution >= 0.6 is 0 Å². The molecule has 0 saturated carbocycles. The van der Waals surface area contributed by atoms with Gasteiger partial charge in [-0.2, -0.15) is 0 Å². The van der Waals surface area contributed by atoms with E-state index in [1.54, 1.807) is 12.1 Å². The number of amides is 3. The van der Waals surface area contributed by atoms with Gasteiger partial charge in [-0.25, -0.2) is 4.79 Å². The third-order valence-corrected chi connectivity index (χ3v) is 3.12. The number of carbonyl (C=O) groups excluding carboxylic acids is 4. The van der Waals surface area contributed by atoms with Crippen molar-refractivity contribution in [3.8, 4) is 0 Å². The minimum atomic E-state index is -0.906. The largest absolute Gasteiger partial charge is 0.462 e. The summed E-state index contributed by atoms with van der Waals surface area (Å²) in [5.41, 5.74) is 0.379. The van der Waals surface area contributed by atoms with Gasteiger partial charge in [0.25, 0.3) is 0 Å². The summed E-state index contributed by atoms with van der Waals surface area (Å²) < 4.78 is 5.12. The quantitative estimate of drug-likeness (QED) is 0.365. The first kappa shape index (κ1) is 20.1. The lowest BCUT2D eigenvalue weighted by Gasteiger charge is -2.11. The monoisotopic (exact) mass is 349 g/mol. The SMILES string of the molecule is CCCCOC(=O)c1ccccc1NC(=O)C(=O)NCCNC(C)=O. The van der Waals surface area contributed by atoms with E-state index in [9.17, 15) is 19.2 Å². The molecule has 8 nitrogen and oxygen atoms in total. The summed E-state index contributed by atoms with van der Waals surface area (Å²) in [7, 11) is 0. The molecule has 3 amide bonds. The summed E-state index contributed by atoms with van der Waals surface area (Å²) in [6.45, 7) is 3.96. The third kappa shape index (κ3) is 7.47. The van der Waals surface area contributed by atoms with Gasteiger partial charge in [-0.15, -0.1) is 0 Å². The number of para-hydroxylation sites is 1. The van der Waals surface area contributed by atoms with Crippen molar-refractivity contribution in [3.05, 3.63) is 29.8 Å². The molecule has 0 unspecified atom stereocenters. The predicted octanol–water partition coefficient (Wildman–Crippen LogP) is 0.834. The van der Waals surface area contributed by atoms with E-state index in [-0.39, 0.29) is 30.2 Å². The van der Waals surface area contributed by atoms with Crippen LogP contribution in [0.1, 0.15) is 37.0 Å². The van der Waals surface area contributed by atoms with E-state index in [0.717, 1.165) is 12.8 Å². The van der Waals surface area contributed by atoms with Gasteiger partial charge in [0.2, 0.25) is 5.91 Å². The second kappa shape index (κ2) is 10.8. The maximum absolute atomic E-state index is 12.1. The van der Waals surface area contributed by atoms with Gasteiger partial charge in [0.05, 0.1) is 17.9 Å². The topological polar surface area (TPSA) is 114 Å². The van der Waals surface area contributed by atoms with Gasteiger partial charge >= 0.3 is 17.8 Å². The van der Waals surface area contributed by atoms with Crippen LogP contribution in [0.5, 0.6) is 0 Å². The maximum Gasteiger partial charge on any atom is 0.340 e. The Morgan fingerprint density at radius 1 is 1.00 bits per heavy atom. The van der Waals surface area contributed by atoms with Crippen LogP contribution in [0, 0.1) is 0 Å². The summed E-state index contributed by atoms with van der Waals surface area (Å²) in [6.07, 6.45) is 1.64. The average Bonchev–Trinajstić information content (AvgIpc) is 2.58. The number of ether oxygens (including phenoxy) is 1. The molecule has 0 atom stereocenters.